The first-order chi connectivity index (χ1) is 22.3. The van der Waals surface area contributed by atoms with E-state index >= 15 is 0 Å². The fraction of sp³-hybridized carbons (Fsp3) is 0.0476. The summed E-state index contributed by atoms with van der Waals surface area (Å²) >= 11 is 0. The maximum Gasteiger partial charge on any atom is 0.128 e. The minimum Gasteiger partial charge on any atom is -0.485 e. The zero-order valence-electron chi connectivity index (χ0n) is 24.5. The molecule has 2 unspecified atom stereocenters. The first-order valence-electron chi connectivity index (χ1n) is 15.6. The van der Waals surface area contributed by atoms with Gasteiger partial charge in [0.1, 0.15) is 11.9 Å². The van der Waals surface area contributed by atoms with Crippen molar-refractivity contribution >= 4 is 43.6 Å². The summed E-state index contributed by atoms with van der Waals surface area (Å²) < 4.78 is 11.3. The maximum absolute atomic E-state index is 6.44. The highest BCUT2D eigenvalue weighted by atomic mass is 16.5. The number of ether oxygens (including phenoxy) is 1. The summed E-state index contributed by atoms with van der Waals surface area (Å²) in [6.45, 7) is 0. The van der Waals surface area contributed by atoms with E-state index in [0.29, 0.717) is 0 Å². The van der Waals surface area contributed by atoms with Crippen molar-refractivity contribution in [3.05, 3.63) is 163 Å². The van der Waals surface area contributed by atoms with Crippen LogP contribution in [0.25, 0.3) is 66.1 Å². The highest BCUT2D eigenvalue weighted by Gasteiger charge is 2.32. The van der Waals surface area contributed by atoms with Crippen LogP contribution in [0.2, 0.25) is 0 Å². The molecule has 45 heavy (non-hydrogen) atoms. The molecule has 2 aromatic heterocycles. The third kappa shape index (κ3) is 3.58. The molecule has 212 valence electrons. The van der Waals surface area contributed by atoms with Crippen molar-refractivity contribution in [1.29, 1.82) is 0 Å². The van der Waals surface area contributed by atoms with Crippen molar-refractivity contribution in [3.8, 4) is 28.3 Å². The SMILES string of the molecule is C1=CC2Oc3cc(-n4c5ccccc5c5cc6c(cc54)c4ccccc4n6-c4ccc(-c5ccccc5)cc4)ccc3C2C=C1. The summed E-state index contributed by atoms with van der Waals surface area (Å²) in [7, 11) is 0. The van der Waals surface area contributed by atoms with E-state index in [9.17, 15) is 0 Å². The lowest BCUT2D eigenvalue weighted by Gasteiger charge is -2.13. The van der Waals surface area contributed by atoms with Gasteiger partial charge in [0.15, 0.2) is 0 Å². The van der Waals surface area contributed by atoms with Gasteiger partial charge >= 0.3 is 0 Å². The number of nitrogens with zero attached hydrogens (tertiary/aromatic N) is 2. The van der Waals surface area contributed by atoms with Gasteiger partial charge in [0.25, 0.3) is 0 Å². The second-order valence-electron chi connectivity index (χ2n) is 12.1. The van der Waals surface area contributed by atoms with Crippen molar-refractivity contribution in [1.82, 2.24) is 9.13 Å². The molecule has 0 radical (unpaired) electrons. The average molecular weight is 577 g/mol. The minimum atomic E-state index is 0.0749. The first kappa shape index (κ1) is 24.6. The number of hydrogen-bond acceptors (Lipinski definition) is 1. The number of para-hydroxylation sites is 2. The molecule has 1 aliphatic carbocycles. The Morgan fingerprint density at radius 1 is 0.444 bits per heavy atom. The van der Waals surface area contributed by atoms with Crippen LogP contribution in [0.15, 0.2) is 158 Å². The fourth-order valence-electron chi connectivity index (χ4n) is 7.59. The summed E-state index contributed by atoms with van der Waals surface area (Å²) in [5.74, 6) is 1.26. The lowest BCUT2D eigenvalue weighted by molar-refractivity contribution is 0.269. The van der Waals surface area contributed by atoms with Gasteiger partial charge in [-0.2, -0.15) is 0 Å². The Bertz CT molecular complexity index is 2510. The fourth-order valence-corrected chi connectivity index (χ4v) is 7.59. The topological polar surface area (TPSA) is 19.1 Å². The van der Waals surface area contributed by atoms with Crippen LogP contribution in [-0.2, 0) is 0 Å². The molecule has 10 rings (SSSR count). The number of hydrogen-bond donors (Lipinski definition) is 0. The molecule has 0 saturated carbocycles. The van der Waals surface area contributed by atoms with E-state index in [1.807, 2.05) is 0 Å². The van der Waals surface area contributed by atoms with E-state index in [-0.39, 0.29) is 12.0 Å². The number of allylic oxidation sites excluding steroid dienone is 2. The van der Waals surface area contributed by atoms with Crippen molar-refractivity contribution < 1.29 is 4.74 Å². The molecule has 2 atom stereocenters. The van der Waals surface area contributed by atoms with Crippen LogP contribution in [0.3, 0.4) is 0 Å². The van der Waals surface area contributed by atoms with Crippen LogP contribution in [0.1, 0.15) is 11.5 Å². The molecular weight excluding hydrogens is 548 g/mol. The maximum atomic E-state index is 6.44. The predicted octanol–water partition coefficient (Wildman–Crippen LogP) is 10.5. The number of fused-ring (bicyclic) bond motifs is 9. The Labute approximate surface area is 260 Å². The molecule has 6 aromatic carbocycles. The lowest BCUT2D eigenvalue weighted by Crippen LogP contribution is -2.15. The van der Waals surface area contributed by atoms with E-state index < -0.39 is 0 Å². The third-order valence-corrected chi connectivity index (χ3v) is 9.66. The predicted molar refractivity (Wildman–Crippen MR) is 186 cm³/mol. The monoisotopic (exact) mass is 576 g/mol. The van der Waals surface area contributed by atoms with Crippen molar-refractivity contribution in [2.24, 2.45) is 0 Å². The van der Waals surface area contributed by atoms with Crippen LogP contribution in [0.4, 0.5) is 0 Å². The van der Waals surface area contributed by atoms with Gasteiger partial charge in [0.2, 0.25) is 0 Å². The summed E-state index contributed by atoms with van der Waals surface area (Å²) in [6.07, 6.45) is 8.69. The van der Waals surface area contributed by atoms with Crippen LogP contribution in [-0.4, -0.2) is 15.2 Å². The van der Waals surface area contributed by atoms with Gasteiger partial charge in [-0.1, -0.05) is 103 Å². The van der Waals surface area contributed by atoms with Gasteiger partial charge in [0, 0.05) is 50.5 Å². The molecule has 0 fully saturated rings. The Morgan fingerprint density at radius 2 is 1.02 bits per heavy atom. The number of benzene rings is 6. The molecule has 0 saturated heterocycles. The van der Waals surface area contributed by atoms with Crippen LogP contribution < -0.4 is 4.74 Å². The highest BCUT2D eigenvalue weighted by Crippen LogP contribution is 2.44. The van der Waals surface area contributed by atoms with Gasteiger partial charge in [-0.15, -0.1) is 0 Å². The average Bonchev–Trinajstić information content (AvgIpc) is 3.75. The van der Waals surface area contributed by atoms with Crippen LogP contribution in [0.5, 0.6) is 5.75 Å². The molecule has 3 heteroatoms. The lowest BCUT2D eigenvalue weighted by atomic mass is 9.92. The molecule has 8 aromatic rings. The molecular formula is C42H28N2O. The zero-order chi connectivity index (χ0) is 29.5. The van der Waals surface area contributed by atoms with E-state index in [0.717, 1.165) is 17.1 Å². The zero-order valence-corrected chi connectivity index (χ0v) is 24.5. The van der Waals surface area contributed by atoms with Crippen LogP contribution in [0, 0.1) is 0 Å². The smallest absolute Gasteiger partial charge is 0.128 e. The van der Waals surface area contributed by atoms with Gasteiger partial charge in [-0.25, -0.2) is 0 Å². The quantitative estimate of drug-likeness (QED) is 0.205. The Balaban J connectivity index is 1.21. The van der Waals surface area contributed by atoms with Gasteiger partial charge < -0.3 is 13.9 Å². The van der Waals surface area contributed by atoms with Crippen molar-refractivity contribution in [2.75, 3.05) is 0 Å². The Hall–Kier alpha value is -5.80. The normalized spacial score (nSPS) is 16.9. The molecule has 0 bridgehead atoms. The second-order valence-corrected chi connectivity index (χ2v) is 12.1. The number of aromatic nitrogens is 2. The third-order valence-electron chi connectivity index (χ3n) is 9.66. The molecule has 3 nitrogen and oxygen atoms in total. The minimum absolute atomic E-state index is 0.0749. The van der Waals surface area contributed by atoms with Gasteiger partial charge in [-0.3, -0.25) is 0 Å². The van der Waals surface area contributed by atoms with E-state index in [1.54, 1.807) is 0 Å². The standard InChI is InChI=1S/C42H28N2O/c1-2-10-27(11-3-1)28-18-20-29(21-19-28)43-37-15-7-4-12-31(37)35-26-40-36(25-39(35)43)32-13-5-8-16-38(32)44(40)30-22-23-34-33-14-6-9-17-41(33)45-42(34)24-30/h1-26,33,41H. The van der Waals surface area contributed by atoms with Crippen molar-refractivity contribution in [2.45, 2.75) is 12.0 Å². The van der Waals surface area contributed by atoms with Gasteiger partial charge in [-0.05, 0) is 59.7 Å². The van der Waals surface area contributed by atoms with Crippen molar-refractivity contribution in [3.63, 3.8) is 0 Å². The summed E-state index contributed by atoms with van der Waals surface area (Å²) in [4.78, 5) is 0. The van der Waals surface area contributed by atoms with Gasteiger partial charge in [0.05, 0.1) is 22.1 Å². The molecule has 0 spiro atoms. The summed E-state index contributed by atoms with van der Waals surface area (Å²) in [6, 6.07) is 48.5. The molecule has 1 aliphatic heterocycles. The number of rotatable bonds is 3. The molecule has 2 aliphatic rings. The molecule has 0 N–H and O–H groups in total. The Kier molecular flexibility index (Phi) is 5.11. The summed E-state index contributed by atoms with van der Waals surface area (Å²) in [5, 5.41) is 4.97. The summed E-state index contributed by atoms with van der Waals surface area (Å²) in [5.41, 5.74) is 10.8. The molecule has 3 heterocycles. The molecule has 0 amide bonds. The Morgan fingerprint density at radius 3 is 1.73 bits per heavy atom. The van der Waals surface area contributed by atoms with Crippen LogP contribution >= 0.6 is 0 Å². The largest absolute Gasteiger partial charge is 0.485 e. The first-order valence-corrected chi connectivity index (χ1v) is 15.6. The van der Waals surface area contributed by atoms with E-state index in [1.165, 1.54) is 60.3 Å². The highest BCUT2D eigenvalue weighted by molar-refractivity contribution is 6.19. The second kappa shape index (κ2) is 9.35. The van der Waals surface area contributed by atoms with E-state index in [4.69, 9.17) is 4.74 Å². The van der Waals surface area contributed by atoms with E-state index in [2.05, 4.69) is 167 Å².